The second-order valence-electron chi connectivity index (χ2n) is 5.47. The highest BCUT2D eigenvalue weighted by molar-refractivity contribution is 7.17. The molecule has 3 heteroatoms. The topological polar surface area (TPSA) is 26.0 Å². The van der Waals surface area contributed by atoms with Crippen LogP contribution in [0.25, 0.3) is 10.1 Å². The molecule has 1 aromatic carbocycles. The minimum Gasteiger partial charge on any atom is -0.320 e. The Bertz CT molecular complexity index is 730. The fourth-order valence-electron chi connectivity index (χ4n) is 3.06. The lowest BCUT2D eigenvalue weighted by atomic mass is 9.98. The smallest absolute Gasteiger partial charge is 0.0660 e. The lowest BCUT2D eigenvalue weighted by Crippen LogP contribution is -2.09. The molecule has 0 bridgehead atoms. The minimum absolute atomic E-state index is 0.0294. The number of thiophene rings is 2. The molecular formula is C17H17NS2. The maximum absolute atomic E-state index is 6.56. The summed E-state index contributed by atoms with van der Waals surface area (Å²) >= 11 is 3.73. The van der Waals surface area contributed by atoms with Gasteiger partial charge in [0.1, 0.15) is 0 Å². The molecule has 1 aliphatic rings. The van der Waals surface area contributed by atoms with E-state index in [0.29, 0.717) is 0 Å². The molecule has 1 aliphatic carbocycles. The molecule has 0 amide bonds. The number of rotatable bonds is 2. The first-order valence-corrected chi connectivity index (χ1v) is 8.86. The summed E-state index contributed by atoms with van der Waals surface area (Å²) in [6, 6.07) is 10.9. The number of fused-ring (bicyclic) bond motifs is 2. The summed E-state index contributed by atoms with van der Waals surface area (Å²) in [5.41, 5.74) is 9.39. The number of nitrogens with two attached hydrogens (primary N) is 1. The Morgan fingerprint density at radius 2 is 1.95 bits per heavy atom. The molecule has 0 saturated heterocycles. The van der Waals surface area contributed by atoms with Crippen LogP contribution in [0, 0.1) is 0 Å². The van der Waals surface area contributed by atoms with E-state index in [-0.39, 0.29) is 6.04 Å². The molecule has 4 rings (SSSR count). The predicted molar refractivity (Wildman–Crippen MR) is 88.8 cm³/mol. The van der Waals surface area contributed by atoms with Crippen LogP contribution < -0.4 is 5.73 Å². The summed E-state index contributed by atoms with van der Waals surface area (Å²) in [5, 5.41) is 3.55. The maximum atomic E-state index is 6.56. The van der Waals surface area contributed by atoms with Crippen molar-refractivity contribution in [3.8, 4) is 0 Å². The zero-order valence-corrected chi connectivity index (χ0v) is 12.9. The van der Waals surface area contributed by atoms with Gasteiger partial charge in [-0.3, -0.25) is 0 Å². The number of aryl methyl sites for hydroxylation is 2. The van der Waals surface area contributed by atoms with Crippen LogP contribution in [-0.2, 0) is 12.8 Å². The third-order valence-corrected chi connectivity index (χ3v) is 6.47. The molecule has 1 unspecified atom stereocenters. The molecule has 2 aromatic heterocycles. The van der Waals surface area contributed by atoms with Gasteiger partial charge in [0.25, 0.3) is 0 Å². The fourth-order valence-corrected chi connectivity index (χ4v) is 5.33. The van der Waals surface area contributed by atoms with E-state index in [4.69, 9.17) is 5.73 Å². The standard InChI is InChI=1S/C17H17NS2/c18-17(13-10-19-15-8-4-2-6-12(13)15)16-9-11-5-1-3-7-14(11)20-16/h2,4,6,8-10,17H,1,3,5,7,18H2. The largest absolute Gasteiger partial charge is 0.320 e. The van der Waals surface area contributed by atoms with Crippen LogP contribution in [0.3, 0.4) is 0 Å². The number of hydrogen-bond acceptors (Lipinski definition) is 3. The summed E-state index contributed by atoms with van der Waals surface area (Å²) < 4.78 is 1.33. The Kier molecular flexibility index (Phi) is 3.14. The molecule has 102 valence electrons. The van der Waals surface area contributed by atoms with Crippen molar-refractivity contribution in [1.29, 1.82) is 0 Å². The van der Waals surface area contributed by atoms with Gasteiger partial charge in [0, 0.05) is 14.5 Å². The van der Waals surface area contributed by atoms with E-state index < -0.39 is 0 Å². The van der Waals surface area contributed by atoms with Crippen molar-refractivity contribution in [2.75, 3.05) is 0 Å². The Morgan fingerprint density at radius 3 is 2.85 bits per heavy atom. The Balaban J connectivity index is 1.76. The third kappa shape index (κ3) is 2.01. The van der Waals surface area contributed by atoms with Crippen LogP contribution in [0.1, 0.15) is 39.8 Å². The monoisotopic (exact) mass is 299 g/mol. The molecule has 3 aromatic rings. The molecule has 20 heavy (non-hydrogen) atoms. The van der Waals surface area contributed by atoms with Gasteiger partial charge in [-0.25, -0.2) is 0 Å². The fraction of sp³-hybridized carbons (Fsp3) is 0.294. The minimum atomic E-state index is 0.0294. The molecule has 2 N–H and O–H groups in total. The van der Waals surface area contributed by atoms with Gasteiger partial charge in [0.2, 0.25) is 0 Å². The van der Waals surface area contributed by atoms with Crippen molar-refractivity contribution in [3.63, 3.8) is 0 Å². The third-order valence-electron chi connectivity index (χ3n) is 4.17. The van der Waals surface area contributed by atoms with Crippen LogP contribution in [0.2, 0.25) is 0 Å². The van der Waals surface area contributed by atoms with Gasteiger partial charge < -0.3 is 5.73 Å². The number of hydrogen-bond donors (Lipinski definition) is 1. The number of benzene rings is 1. The molecular weight excluding hydrogens is 282 g/mol. The average Bonchev–Trinajstić information content (AvgIpc) is 3.10. The highest BCUT2D eigenvalue weighted by Crippen LogP contribution is 2.37. The van der Waals surface area contributed by atoms with E-state index in [1.807, 2.05) is 11.3 Å². The summed E-state index contributed by atoms with van der Waals surface area (Å²) in [7, 11) is 0. The first-order valence-electron chi connectivity index (χ1n) is 7.16. The van der Waals surface area contributed by atoms with E-state index in [0.717, 1.165) is 0 Å². The van der Waals surface area contributed by atoms with Crippen LogP contribution in [0.4, 0.5) is 0 Å². The van der Waals surface area contributed by atoms with Gasteiger partial charge in [-0.15, -0.1) is 22.7 Å². The van der Waals surface area contributed by atoms with Crippen molar-refractivity contribution in [3.05, 3.63) is 56.6 Å². The molecule has 0 saturated carbocycles. The van der Waals surface area contributed by atoms with Gasteiger partial charge in [-0.1, -0.05) is 18.2 Å². The van der Waals surface area contributed by atoms with E-state index in [2.05, 4.69) is 35.7 Å². The highest BCUT2D eigenvalue weighted by atomic mass is 32.1. The van der Waals surface area contributed by atoms with Gasteiger partial charge >= 0.3 is 0 Å². The van der Waals surface area contributed by atoms with Crippen molar-refractivity contribution in [1.82, 2.24) is 0 Å². The Hall–Kier alpha value is -1.16. The van der Waals surface area contributed by atoms with Crippen LogP contribution >= 0.6 is 22.7 Å². The highest BCUT2D eigenvalue weighted by Gasteiger charge is 2.19. The van der Waals surface area contributed by atoms with Gasteiger partial charge in [0.15, 0.2) is 0 Å². The molecule has 0 radical (unpaired) electrons. The normalized spacial score (nSPS) is 16.2. The van der Waals surface area contributed by atoms with Gasteiger partial charge in [-0.05, 0) is 59.7 Å². The Labute approximate surface area is 127 Å². The second kappa shape index (κ2) is 4.99. The van der Waals surface area contributed by atoms with Crippen molar-refractivity contribution in [2.45, 2.75) is 31.7 Å². The van der Waals surface area contributed by atoms with E-state index in [1.54, 1.807) is 21.8 Å². The van der Waals surface area contributed by atoms with E-state index in [9.17, 15) is 0 Å². The van der Waals surface area contributed by atoms with Crippen molar-refractivity contribution in [2.24, 2.45) is 5.73 Å². The maximum Gasteiger partial charge on any atom is 0.0660 e. The summed E-state index contributed by atoms with van der Waals surface area (Å²) in [6.07, 6.45) is 5.16. The van der Waals surface area contributed by atoms with Gasteiger partial charge in [-0.2, -0.15) is 0 Å². The van der Waals surface area contributed by atoms with Crippen molar-refractivity contribution < 1.29 is 0 Å². The first-order chi connectivity index (χ1) is 9.83. The molecule has 0 spiro atoms. The zero-order valence-electron chi connectivity index (χ0n) is 11.3. The lowest BCUT2D eigenvalue weighted by Gasteiger charge is -2.08. The van der Waals surface area contributed by atoms with Gasteiger partial charge in [0.05, 0.1) is 6.04 Å². The zero-order chi connectivity index (χ0) is 13.5. The molecule has 0 fully saturated rings. The summed E-state index contributed by atoms with van der Waals surface area (Å²) in [6.45, 7) is 0. The Morgan fingerprint density at radius 1 is 1.10 bits per heavy atom. The molecule has 1 nitrogen and oxygen atoms in total. The molecule has 1 atom stereocenters. The summed E-state index contributed by atoms with van der Waals surface area (Å²) in [4.78, 5) is 2.90. The van der Waals surface area contributed by atoms with Crippen LogP contribution in [0.5, 0.6) is 0 Å². The van der Waals surface area contributed by atoms with Crippen LogP contribution in [0.15, 0.2) is 35.7 Å². The quantitative estimate of drug-likeness (QED) is 0.716. The molecule has 2 heterocycles. The summed E-state index contributed by atoms with van der Waals surface area (Å²) in [5.74, 6) is 0. The van der Waals surface area contributed by atoms with E-state index >= 15 is 0 Å². The second-order valence-corrected chi connectivity index (χ2v) is 7.55. The van der Waals surface area contributed by atoms with Crippen molar-refractivity contribution >= 4 is 32.8 Å². The first kappa shape index (κ1) is 12.6. The average molecular weight is 299 g/mol. The molecule has 0 aliphatic heterocycles. The van der Waals surface area contributed by atoms with Crippen LogP contribution in [-0.4, -0.2) is 0 Å². The lowest BCUT2D eigenvalue weighted by molar-refractivity contribution is 0.696. The van der Waals surface area contributed by atoms with E-state index in [1.165, 1.54) is 46.2 Å². The predicted octanol–water partition coefficient (Wildman–Crippen LogP) is 4.89. The SMILES string of the molecule is NC(c1cc2c(s1)CCCC2)c1csc2ccccc12.